The molecule has 34 heavy (non-hydrogen) atoms. The molecule has 3 aromatic carbocycles. The van der Waals surface area contributed by atoms with Crippen LogP contribution in [-0.4, -0.2) is 27.6 Å². The number of carbonyl (C=O) groups is 2. The van der Waals surface area contributed by atoms with E-state index in [9.17, 15) is 14.7 Å². The maximum atomic E-state index is 12.7. The summed E-state index contributed by atoms with van der Waals surface area (Å²) in [4.78, 5) is 23.9. The van der Waals surface area contributed by atoms with Crippen LogP contribution < -0.4 is 0 Å². The highest BCUT2D eigenvalue weighted by atomic mass is 35.5. The summed E-state index contributed by atoms with van der Waals surface area (Å²) in [5.41, 5.74) is 4.16. The van der Waals surface area contributed by atoms with Crippen LogP contribution in [0.1, 0.15) is 62.6 Å². The average molecular weight is 495 g/mol. The lowest BCUT2D eigenvalue weighted by molar-refractivity contribution is 0.0696. The van der Waals surface area contributed by atoms with Gasteiger partial charge >= 0.3 is 5.97 Å². The lowest BCUT2D eigenvalue weighted by Gasteiger charge is -2.24. The van der Waals surface area contributed by atoms with E-state index < -0.39 is 5.97 Å². The molecule has 0 heterocycles. The summed E-state index contributed by atoms with van der Waals surface area (Å²) in [6.45, 7) is 0. The second kappa shape index (κ2) is 11.2. The molecule has 3 aromatic rings. The van der Waals surface area contributed by atoms with Crippen molar-refractivity contribution in [3.8, 4) is 0 Å². The number of carbonyl (C=O) groups excluding carboxylic acids is 1. The smallest absolute Gasteiger partial charge is 0.335 e. The van der Waals surface area contributed by atoms with E-state index in [0.717, 1.165) is 42.4 Å². The quantitative estimate of drug-likeness (QED) is 0.253. The second-order valence-corrected chi connectivity index (χ2v) is 10.2. The highest BCUT2D eigenvalue weighted by molar-refractivity contribution is 6.25. The number of carboxylic acids is 1. The van der Waals surface area contributed by atoms with Gasteiger partial charge in [0, 0.05) is 28.7 Å². The number of Topliss-reactive ketones (excluding diaryl/α,β-unsaturated/α-hetero) is 1. The molecule has 1 aliphatic rings. The van der Waals surface area contributed by atoms with Crippen molar-refractivity contribution in [3.05, 3.63) is 107 Å². The molecule has 4 unspecified atom stereocenters. The normalized spacial score (nSPS) is 21.9. The van der Waals surface area contributed by atoms with E-state index in [1.165, 1.54) is 0 Å². The summed E-state index contributed by atoms with van der Waals surface area (Å²) in [6, 6.07) is 24.7. The molecule has 4 atom stereocenters. The number of hydrogen-bond acceptors (Lipinski definition) is 2. The summed E-state index contributed by atoms with van der Waals surface area (Å²) in [5, 5.41) is 9.16. The Kier molecular flexibility index (Phi) is 8.07. The van der Waals surface area contributed by atoms with Gasteiger partial charge in [-0.25, -0.2) is 4.79 Å². The third-order valence-electron chi connectivity index (χ3n) is 6.77. The molecule has 0 aliphatic heterocycles. The van der Waals surface area contributed by atoms with Crippen molar-refractivity contribution in [2.24, 2.45) is 5.92 Å². The first-order chi connectivity index (χ1) is 16.4. The third kappa shape index (κ3) is 5.89. The van der Waals surface area contributed by atoms with Gasteiger partial charge in [-0.05, 0) is 60.4 Å². The number of halogens is 2. The second-order valence-electron chi connectivity index (χ2n) is 9.06. The van der Waals surface area contributed by atoms with Crippen molar-refractivity contribution in [2.45, 2.75) is 48.8 Å². The van der Waals surface area contributed by atoms with Crippen molar-refractivity contribution in [2.75, 3.05) is 0 Å². The van der Waals surface area contributed by atoms with Gasteiger partial charge < -0.3 is 5.11 Å². The lowest BCUT2D eigenvalue weighted by Crippen LogP contribution is -2.17. The minimum atomic E-state index is -0.908. The van der Waals surface area contributed by atoms with Crippen LogP contribution in [-0.2, 0) is 12.8 Å². The molecule has 5 heteroatoms. The monoisotopic (exact) mass is 494 g/mol. The van der Waals surface area contributed by atoms with Gasteiger partial charge in [0.25, 0.3) is 0 Å². The number of aromatic carboxylic acids is 1. The maximum Gasteiger partial charge on any atom is 0.335 e. The summed E-state index contributed by atoms with van der Waals surface area (Å²) in [5.74, 6) is -0.443. The van der Waals surface area contributed by atoms with Gasteiger partial charge in [-0.1, -0.05) is 66.7 Å². The highest BCUT2D eigenvalue weighted by Gasteiger charge is 2.41. The minimum Gasteiger partial charge on any atom is -0.478 e. The Morgan fingerprint density at radius 1 is 0.824 bits per heavy atom. The van der Waals surface area contributed by atoms with Crippen molar-refractivity contribution in [1.82, 2.24) is 0 Å². The number of carboxylic acid groups (broad SMARTS) is 1. The molecule has 0 amide bonds. The summed E-state index contributed by atoms with van der Waals surface area (Å²) < 4.78 is 0. The average Bonchev–Trinajstić information content (AvgIpc) is 3.12. The molecule has 1 N–H and O–H groups in total. The summed E-state index contributed by atoms with van der Waals surface area (Å²) >= 11 is 13.5. The number of hydrogen-bond donors (Lipinski definition) is 1. The predicted octanol–water partition coefficient (Wildman–Crippen LogP) is 7.15. The standard InChI is InChI=1S/C29H28Cl2O3/c30-25-18-26(31)28(24(25)11-5-9-19-8-4-10-23(16-19)29(33)34)22-14-12-21(13-15-22)27(32)17-20-6-2-1-3-7-20/h1-4,6-8,10,12-16,24-26,28H,5,9,11,17-18H2,(H,33,34). The Labute approximate surface area is 210 Å². The minimum absolute atomic E-state index is 0.00255. The zero-order valence-electron chi connectivity index (χ0n) is 18.9. The van der Waals surface area contributed by atoms with Crippen molar-refractivity contribution >= 4 is 35.0 Å². The van der Waals surface area contributed by atoms with Crippen LogP contribution in [0.4, 0.5) is 0 Å². The van der Waals surface area contributed by atoms with E-state index in [2.05, 4.69) is 0 Å². The first-order valence-corrected chi connectivity index (χ1v) is 12.6. The molecular weight excluding hydrogens is 467 g/mol. The van der Waals surface area contributed by atoms with Crippen LogP contribution in [0.25, 0.3) is 0 Å². The van der Waals surface area contributed by atoms with Crippen LogP contribution in [0.5, 0.6) is 0 Å². The summed E-state index contributed by atoms with van der Waals surface area (Å²) in [6.07, 6.45) is 3.76. The molecule has 1 fully saturated rings. The van der Waals surface area contributed by atoms with Gasteiger partial charge in [0.1, 0.15) is 0 Å². The van der Waals surface area contributed by atoms with E-state index in [0.29, 0.717) is 17.5 Å². The number of aryl methyl sites for hydroxylation is 1. The molecule has 1 saturated carbocycles. The van der Waals surface area contributed by atoms with Crippen LogP contribution in [0.2, 0.25) is 0 Å². The van der Waals surface area contributed by atoms with E-state index in [-0.39, 0.29) is 28.4 Å². The first kappa shape index (κ1) is 24.5. The summed E-state index contributed by atoms with van der Waals surface area (Å²) in [7, 11) is 0. The fourth-order valence-corrected chi connectivity index (χ4v) is 6.11. The van der Waals surface area contributed by atoms with Crippen LogP contribution in [0.3, 0.4) is 0 Å². The number of rotatable bonds is 9. The van der Waals surface area contributed by atoms with E-state index in [1.54, 1.807) is 18.2 Å². The zero-order valence-corrected chi connectivity index (χ0v) is 20.4. The van der Waals surface area contributed by atoms with E-state index >= 15 is 0 Å². The van der Waals surface area contributed by atoms with Crippen LogP contribution >= 0.6 is 23.2 Å². The van der Waals surface area contributed by atoms with Crippen molar-refractivity contribution in [1.29, 1.82) is 0 Å². The number of alkyl halides is 2. The Morgan fingerprint density at radius 2 is 1.53 bits per heavy atom. The third-order valence-corrected chi connectivity index (χ3v) is 7.72. The highest BCUT2D eigenvalue weighted by Crippen LogP contribution is 2.47. The van der Waals surface area contributed by atoms with Gasteiger partial charge in [0.05, 0.1) is 5.56 Å². The molecule has 0 aromatic heterocycles. The Bertz CT molecular complexity index is 1130. The molecule has 3 nitrogen and oxygen atoms in total. The topological polar surface area (TPSA) is 54.4 Å². The molecule has 1 aliphatic carbocycles. The molecular formula is C29H28Cl2O3. The van der Waals surface area contributed by atoms with Crippen LogP contribution in [0, 0.1) is 5.92 Å². The zero-order chi connectivity index (χ0) is 24.1. The van der Waals surface area contributed by atoms with Gasteiger partial charge in [-0.2, -0.15) is 0 Å². The Morgan fingerprint density at radius 3 is 2.24 bits per heavy atom. The van der Waals surface area contributed by atoms with Gasteiger partial charge in [0.2, 0.25) is 0 Å². The van der Waals surface area contributed by atoms with Crippen molar-refractivity contribution < 1.29 is 14.7 Å². The molecule has 4 rings (SSSR count). The van der Waals surface area contributed by atoms with Gasteiger partial charge in [0.15, 0.2) is 5.78 Å². The fraction of sp³-hybridized carbons (Fsp3) is 0.310. The Balaban J connectivity index is 1.41. The first-order valence-electron chi connectivity index (χ1n) is 11.7. The molecule has 0 spiro atoms. The van der Waals surface area contributed by atoms with E-state index in [1.807, 2.05) is 60.7 Å². The van der Waals surface area contributed by atoms with Gasteiger partial charge in [-0.3, -0.25) is 4.79 Å². The van der Waals surface area contributed by atoms with Crippen LogP contribution in [0.15, 0.2) is 78.9 Å². The van der Waals surface area contributed by atoms with Gasteiger partial charge in [-0.15, -0.1) is 23.2 Å². The molecule has 0 saturated heterocycles. The SMILES string of the molecule is O=C(O)c1cccc(CCCC2C(Cl)CC(Cl)C2c2ccc(C(=O)Cc3ccccc3)cc2)c1. The van der Waals surface area contributed by atoms with E-state index in [4.69, 9.17) is 23.2 Å². The predicted molar refractivity (Wildman–Crippen MR) is 137 cm³/mol. The lowest BCUT2D eigenvalue weighted by atomic mass is 9.84. The Hall–Kier alpha value is -2.62. The number of ketones is 1. The number of benzene rings is 3. The molecule has 0 radical (unpaired) electrons. The molecule has 176 valence electrons. The largest absolute Gasteiger partial charge is 0.478 e. The maximum absolute atomic E-state index is 12.7. The fourth-order valence-electron chi connectivity index (χ4n) is 5.02. The van der Waals surface area contributed by atoms with Crippen molar-refractivity contribution in [3.63, 3.8) is 0 Å². The molecule has 0 bridgehead atoms.